The first-order chi connectivity index (χ1) is 9.17. The van der Waals surface area contributed by atoms with Gasteiger partial charge in [0.25, 0.3) is 0 Å². The van der Waals surface area contributed by atoms with Crippen LogP contribution in [-0.4, -0.2) is 19.4 Å². The Bertz CT molecular complexity index is 592. The molecule has 0 radical (unpaired) electrons. The molecule has 0 aliphatic rings. The summed E-state index contributed by atoms with van der Waals surface area (Å²) in [5, 5.41) is 0. The van der Waals surface area contributed by atoms with Crippen LogP contribution < -0.4 is 10.5 Å². The van der Waals surface area contributed by atoms with E-state index in [1.165, 1.54) is 12.1 Å². The smallest absolute Gasteiger partial charge is 0.241 e. The first-order valence-electron chi connectivity index (χ1n) is 6.24. The van der Waals surface area contributed by atoms with Crippen LogP contribution in [0.15, 0.2) is 17.0 Å². The van der Waals surface area contributed by atoms with Gasteiger partial charge >= 0.3 is 0 Å². The zero-order valence-electron chi connectivity index (χ0n) is 11.7. The van der Waals surface area contributed by atoms with Gasteiger partial charge in [0, 0.05) is 12.5 Å². The summed E-state index contributed by atoms with van der Waals surface area (Å²) in [6, 6.07) is 2.05. The topological polar surface area (TPSA) is 72.2 Å². The Kier molecular flexibility index (Phi) is 5.61. The maximum Gasteiger partial charge on any atom is 0.241 e. The van der Waals surface area contributed by atoms with Crippen molar-refractivity contribution >= 4 is 27.2 Å². The van der Waals surface area contributed by atoms with E-state index < -0.39 is 15.8 Å². The standard InChI is InChI=1S/C13H19FN2O2S2/c1-4-11(7-12(15)19)16-20(17,18)13-8(2)5-10(14)6-9(13)3/h5-6,11,16H,4,7H2,1-3H3,(H2,15,19). The molecule has 0 aliphatic carbocycles. The fourth-order valence-electron chi connectivity index (χ4n) is 2.11. The lowest BCUT2D eigenvalue weighted by molar-refractivity contribution is 0.544. The summed E-state index contributed by atoms with van der Waals surface area (Å²) in [5.41, 5.74) is 6.20. The van der Waals surface area contributed by atoms with Gasteiger partial charge in [-0.05, 0) is 43.5 Å². The largest absolute Gasteiger partial charge is 0.393 e. The van der Waals surface area contributed by atoms with Gasteiger partial charge in [0.2, 0.25) is 10.0 Å². The number of hydrogen-bond acceptors (Lipinski definition) is 3. The van der Waals surface area contributed by atoms with Crippen molar-refractivity contribution in [3.8, 4) is 0 Å². The Morgan fingerprint density at radius 3 is 2.30 bits per heavy atom. The Labute approximate surface area is 124 Å². The van der Waals surface area contributed by atoms with Crippen LogP contribution in [0, 0.1) is 19.7 Å². The molecular formula is C13H19FN2O2S2. The van der Waals surface area contributed by atoms with Crippen molar-refractivity contribution in [2.24, 2.45) is 5.73 Å². The van der Waals surface area contributed by atoms with E-state index in [0.717, 1.165) is 0 Å². The maximum absolute atomic E-state index is 13.2. The van der Waals surface area contributed by atoms with Gasteiger partial charge in [-0.15, -0.1) is 0 Å². The maximum atomic E-state index is 13.2. The molecule has 0 saturated heterocycles. The molecule has 0 bridgehead atoms. The average molecular weight is 318 g/mol. The molecule has 3 N–H and O–H groups in total. The van der Waals surface area contributed by atoms with Crippen LogP contribution in [-0.2, 0) is 10.0 Å². The van der Waals surface area contributed by atoms with Gasteiger partial charge in [-0.25, -0.2) is 17.5 Å². The minimum atomic E-state index is -3.73. The number of hydrogen-bond donors (Lipinski definition) is 2. The predicted octanol–water partition coefficient (Wildman–Crippen LogP) is 2.18. The quantitative estimate of drug-likeness (QED) is 0.789. The first-order valence-corrected chi connectivity index (χ1v) is 8.14. The number of thiocarbonyl (C=S) groups is 1. The van der Waals surface area contributed by atoms with Crippen LogP contribution >= 0.6 is 12.2 Å². The predicted molar refractivity (Wildman–Crippen MR) is 81.7 cm³/mol. The third-order valence-corrected chi connectivity index (χ3v) is 4.95. The van der Waals surface area contributed by atoms with E-state index in [-0.39, 0.29) is 15.9 Å². The van der Waals surface area contributed by atoms with E-state index in [1.54, 1.807) is 13.8 Å². The zero-order chi connectivity index (χ0) is 15.5. The van der Waals surface area contributed by atoms with Gasteiger partial charge in [0.05, 0.1) is 9.88 Å². The number of nitrogens with two attached hydrogens (primary N) is 1. The highest BCUT2D eigenvalue weighted by atomic mass is 32.2. The summed E-state index contributed by atoms with van der Waals surface area (Å²) >= 11 is 4.81. The number of benzene rings is 1. The molecule has 1 atom stereocenters. The van der Waals surface area contributed by atoms with E-state index in [1.807, 2.05) is 6.92 Å². The Balaban J connectivity index is 3.14. The van der Waals surface area contributed by atoms with Crippen molar-refractivity contribution in [3.63, 3.8) is 0 Å². The van der Waals surface area contributed by atoms with Crippen LogP contribution in [0.2, 0.25) is 0 Å². The molecule has 0 spiro atoms. The SMILES string of the molecule is CCC(CC(N)=S)NS(=O)(=O)c1c(C)cc(F)cc1C. The van der Waals surface area contributed by atoms with Crippen molar-refractivity contribution in [2.75, 3.05) is 0 Å². The lowest BCUT2D eigenvalue weighted by atomic mass is 10.1. The number of aryl methyl sites for hydroxylation is 2. The molecule has 4 nitrogen and oxygen atoms in total. The van der Waals surface area contributed by atoms with Crippen LogP contribution in [0.4, 0.5) is 4.39 Å². The van der Waals surface area contributed by atoms with Gasteiger partial charge < -0.3 is 5.73 Å². The van der Waals surface area contributed by atoms with Gasteiger partial charge in [-0.2, -0.15) is 0 Å². The lowest BCUT2D eigenvalue weighted by Crippen LogP contribution is -2.37. The summed E-state index contributed by atoms with van der Waals surface area (Å²) in [6.07, 6.45) is 0.861. The summed E-state index contributed by atoms with van der Waals surface area (Å²) in [4.78, 5) is 0.368. The fraction of sp³-hybridized carbons (Fsp3) is 0.462. The lowest BCUT2D eigenvalue weighted by Gasteiger charge is -2.18. The molecule has 0 aromatic heterocycles. The molecular weight excluding hydrogens is 299 g/mol. The molecule has 0 aliphatic heterocycles. The highest BCUT2D eigenvalue weighted by molar-refractivity contribution is 7.89. The minimum absolute atomic E-state index is 0.111. The van der Waals surface area contributed by atoms with Crippen LogP contribution in [0.1, 0.15) is 30.9 Å². The zero-order valence-corrected chi connectivity index (χ0v) is 13.4. The fourth-order valence-corrected chi connectivity index (χ4v) is 4.09. The third-order valence-electron chi connectivity index (χ3n) is 2.96. The Morgan fingerprint density at radius 1 is 1.40 bits per heavy atom. The average Bonchev–Trinajstić information content (AvgIpc) is 2.24. The van der Waals surface area contributed by atoms with Crippen LogP contribution in [0.25, 0.3) is 0 Å². The molecule has 1 unspecified atom stereocenters. The molecule has 1 rings (SSSR count). The normalized spacial score (nSPS) is 13.2. The molecule has 0 heterocycles. The van der Waals surface area contributed by atoms with Crippen molar-refractivity contribution in [1.82, 2.24) is 4.72 Å². The number of rotatable bonds is 6. The van der Waals surface area contributed by atoms with Gasteiger partial charge in [0.15, 0.2) is 0 Å². The second kappa shape index (κ2) is 6.60. The minimum Gasteiger partial charge on any atom is -0.393 e. The van der Waals surface area contributed by atoms with E-state index in [4.69, 9.17) is 18.0 Å². The molecule has 1 aromatic carbocycles. The molecule has 0 fully saturated rings. The number of nitrogens with one attached hydrogen (secondary N) is 1. The first kappa shape index (κ1) is 17.0. The summed E-state index contributed by atoms with van der Waals surface area (Å²) in [6.45, 7) is 4.98. The molecule has 20 heavy (non-hydrogen) atoms. The Hall–Kier alpha value is -1.05. The van der Waals surface area contributed by atoms with Crippen LogP contribution in [0.5, 0.6) is 0 Å². The summed E-state index contributed by atoms with van der Waals surface area (Å²) in [5.74, 6) is -0.450. The summed E-state index contributed by atoms with van der Waals surface area (Å²) in [7, 11) is -3.73. The van der Waals surface area contributed by atoms with E-state index >= 15 is 0 Å². The monoisotopic (exact) mass is 318 g/mol. The molecule has 112 valence electrons. The van der Waals surface area contributed by atoms with E-state index in [9.17, 15) is 12.8 Å². The van der Waals surface area contributed by atoms with Crippen molar-refractivity contribution in [2.45, 2.75) is 44.6 Å². The van der Waals surface area contributed by atoms with E-state index in [0.29, 0.717) is 24.0 Å². The van der Waals surface area contributed by atoms with Gasteiger partial charge in [-0.1, -0.05) is 19.1 Å². The van der Waals surface area contributed by atoms with Gasteiger partial charge in [-0.3, -0.25) is 0 Å². The molecule has 7 heteroatoms. The molecule has 1 aromatic rings. The van der Waals surface area contributed by atoms with E-state index in [2.05, 4.69) is 4.72 Å². The summed E-state index contributed by atoms with van der Waals surface area (Å²) < 4.78 is 40.7. The van der Waals surface area contributed by atoms with Crippen molar-refractivity contribution in [1.29, 1.82) is 0 Å². The Morgan fingerprint density at radius 2 is 1.90 bits per heavy atom. The van der Waals surface area contributed by atoms with Gasteiger partial charge in [0.1, 0.15) is 5.82 Å². The molecule has 0 amide bonds. The number of halogens is 1. The molecule has 0 saturated carbocycles. The van der Waals surface area contributed by atoms with Crippen LogP contribution in [0.3, 0.4) is 0 Å². The second-order valence-electron chi connectivity index (χ2n) is 4.77. The third kappa shape index (κ3) is 4.22. The van der Waals surface area contributed by atoms with Crippen molar-refractivity contribution in [3.05, 3.63) is 29.1 Å². The van der Waals surface area contributed by atoms with Crippen molar-refractivity contribution < 1.29 is 12.8 Å². The highest BCUT2D eigenvalue weighted by Crippen LogP contribution is 2.22. The number of sulfonamides is 1. The highest BCUT2D eigenvalue weighted by Gasteiger charge is 2.23. The second-order valence-corrected chi connectivity index (χ2v) is 6.94.